The Morgan fingerprint density at radius 2 is 1.67 bits per heavy atom. The molecule has 0 fully saturated rings. The summed E-state index contributed by atoms with van der Waals surface area (Å²) in [6.45, 7) is 6.63. The molecule has 0 aliphatic heterocycles. The molecule has 0 amide bonds. The Kier molecular flexibility index (Phi) is 4.98. The number of nitrogens with zero attached hydrogens (tertiary/aromatic N) is 4. The van der Waals surface area contributed by atoms with Gasteiger partial charge in [-0.1, -0.05) is 80.1 Å². The van der Waals surface area contributed by atoms with Gasteiger partial charge in [0, 0.05) is 16.5 Å². The Bertz CT molecular complexity index is 1050. The number of hydrogen-bond donors (Lipinski definition) is 0. The molecule has 0 N–H and O–H groups in total. The molecule has 0 aliphatic rings. The van der Waals surface area contributed by atoms with Crippen LogP contribution in [0.15, 0.2) is 48.5 Å². The van der Waals surface area contributed by atoms with Crippen molar-refractivity contribution in [3.63, 3.8) is 0 Å². The first-order valence-electron chi connectivity index (χ1n) is 9.08. The molecule has 1 unspecified atom stereocenters. The highest BCUT2D eigenvalue weighted by Crippen LogP contribution is 2.30. The van der Waals surface area contributed by atoms with E-state index in [1.807, 2.05) is 28.8 Å². The number of halogens is 1. The standard InChI is InChI=1S/C21H21ClN4S/c1-13(2)12-15-4-6-16(7-5-15)14(3)19-23-24-21-26(19)25-20(27-21)17-8-10-18(22)11-9-17/h4-11,13-14H,12H2,1-3H3. The number of benzene rings is 2. The minimum absolute atomic E-state index is 0.119. The van der Waals surface area contributed by atoms with Gasteiger partial charge in [0.2, 0.25) is 4.96 Å². The van der Waals surface area contributed by atoms with E-state index in [1.54, 1.807) is 0 Å². The van der Waals surface area contributed by atoms with Gasteiger partial charge in [-0.3, -0.25) is 0 Å². The van der Waals surface area contributed by atoms with Gasteiger partial charge >= 0.3 is 0 Å². The summed E-state index contributed by atoms with van der Waals surface area (Å²) >= 11 is 7.52. The molecule has 0 aliphatic carbocycles. The maximum Gasteiger partial charge on any atom is 0.235 e. The van der Waals surface area contributed by atoms with E-state index in [-0.39, 0.29) is 5.92 Å². The zero-order chi connectivity index (χ0) is 19.0. The normalized spacial score (nSPS) is 12.8. The second kappa shape index (κ2) is 7.41. The van der Waals surface area contributed by atoms with Crippen molar-refractivity contribution in [1.82, 2.24) is 19.8 Å². The quantitative estimate of drug-likeness (QED) is 0.424. The molecule has 0 saturated carbocycles. The molecule has 2 aromatic carbocycles. The van der Waals surface area contributed by atoms with Crippen molar-refractivity contribution in [2.45, 2.75) is 33.1 Å². The fraction of sp³-hybridized carbons (Fsp3) is 0.286. The lowest BCUT2D eigenvalue weighted by molar-refractivity contribution is 0.647. The lowest BCUT2D eigenvalue weighted by Crippen LogP contribution is -2.04. The lowest BCUT2D eigenvalue weighted by Gasteiger charge is -2.11. The smallest absolute Gasteiger partial charge is 0.186 e. The van der Waals surface area contributed by atoms with Gasteiger partial charge in [-0.25, -0.2) is 0 Å². The van der Waals surface area contributed by atoms with E-state index in [9.17, 15) is 0 Å². The molecule has 4 aromatic rings. The molecule has 0 spiro atoms. The van der Waals surface area contributed by atoms with Crippen LogP contribution in [-0.2, 0) is 6.42 Å². The van der Waals surface area contributed by atoms with E-state index in [4.69, 9.17) is 16.7 Å². The first kappa shape index (κ1) is 18.1. The van der Waals surface area contributed by atoms with Crippen LogP contribution in [0.25, 0.3) is 15.5 Å². The number of rotatable bonds is 5. The molecule has 0 bridgehead atoms. The molecular weight excluding hydrogens is 376 g/mol. The van der Waals surface area contributed by atoms with Gasteiger partial charge in [-0.15, -0.1) is 10.2 Å². The molecule has 27 heavy (non-hydrogen) atoms. The predicted molar refractivity (Wildman–Crippen MR) is 112 cm³/mol. The monoisotopic (exact) mass is 396 g/mol. The van der Waals surface area contributed by atoms with Gasteiger partial charge in [0.15, 0.2) is 5.82 Å². The Hall–Kier alpha value is -2.24. The Morgan fingerprint density at radius 3 is 2.33 bits per heavy atom. The fourth-order valence-corrected chi connectivity index (χ4v) is 4.15. The zero-order valence-electron chi connectivity index (χ0n) is 15.6. The first-order chi connectivity index (χ1) is 13.0. The van der Waals surface area contributed by atoms with E-state index in [2.05, 4.69) is 55.2 Å². The predicted octanol–water partition coefficient (Wildman–Crippen LogP) is 5.86. The maximum atomic E-state index is 5.99. The Labute approximate surface area is 167 Å². The summed E-state index contributed by atoms with van der Waals surface area (Å²) in [4.78, 5) is 0.804. The van der Waals surface area contributed by atoms with Gasteiger partial charge in [0.25, 0.3) is 0 Å². The molecule has 2 heterocycles. The third-order valence-corrected chi connectivity index (χ3v) is 5.82. The summed E-state index contributed by atoms with van der Waals surface area (Å²) in [5, 5.41) is 15.1. The first-order valence-corrected chi connectivity index (χ1v) is 10.3. The van der Waals surface area contributed by atoms with Crippen molar-refractivity contribution in [2.24, 2.45) is 5.92 Å². The Balaban J connectivity index is 1.64. The second-order valence-corrected chi connectivity index (χ2v) is 8.62. The SMILES string of the molecule is CC(C)Cc1ccc(C(C)c2nnc3sc(-c4ccc(Cl)cc4)nn23)cc1. The second-order valence-electron chi connectivity index (χ2n) is 7.23. The van der Waals surface area contributed by atoms with E-state index in [0.717, 1.165) is 32.8 Å². The minimum atomic E-state index is 0.119. The van der Waals surface area contributed by atoms with Crippen molar-refractivity contribution < 1.29 is 0 Å². The highest BCUT2D eigenvalue weighted by Gasteiger charge is 2.19. The van der Waals surface area contributed by atoms with Gasteiger partial charge in [0.05, 0.1) is 0 Å². The van der Waals surface area contributed by atoms with Crippen LogP contribution in [0.2, 0.25) is 5.02 Å². The van der Waals surface area contributed by atoms with Crippen molar-refractivity contribution >= 4 is 27.9 Å². The minimum Gasteiger partial charge on any atom is -0.186 e. The average molecular weight is 397 g/mol. The highest BCUT2D eigenvalue weighted by molar-refractivity contribution is 7.19. The number of fused-ring (bicyclic) bond motifs is 1. The molecule has 2 aromatic heterocycles. The van der Waals surface area contributed by atoms with Gasteiger partial charge in [-0.05, 0) is 35.6 Å². The van der Waals surface area contributed by atoms with Crippen LogP contribution in [0.3, 0.4) is 0 Å². The molecule has 0 saturated heterocycles. The van der Waals surface area contributed by atoms with Gasteiger partial charge in [-0.2, -0.15) is 9.61 Å². The van der Waals surface area contributed by atoms with Crippen LogP contribution in [0, 0.1) is 5.92 Å². The zero-order valence-corrected chi connectivity index (χ0v) is 17.1. The van der Waals surface area contributed by atoms with E-state index >= 15 is 0 Å². The summed E-state index contributed by atoms with van der Waals surface area (Å²) in [6, 6.07) is 16.5. The molecule has 6 heteroatoms. The third-order valence-electron chi connectivity index (χ3n) is 4.62. The van der Waals surface area contributed by atoms with Crippen molar-refractivity contribution in [2.75, 3.05) is 0 Å². The molecule has 0 radical (unpaired) electrons. The summed E-state index contributed by atoms with van der Waals surface area (Å²) in [5.74, 6) is 1.64. The summed E-state index contributed by atoms with van der Waals surface area (Å²) < 4.78 is 1.86. The fourth-order valence-electron chi connectivity index (χ4n) is 3.17. The number of aromatic nitrogens is 4. The summed E-state index contributed by atoms with van der Waals surface area (Å²) in [6.07, 6.45) is 1.10. The maximum absolute atomic E-state index is 5.99. The van der Waals surface area contributed by atoms with Crippen molar-refractivity contribution in [3.8, 4) is 10.6 Å². The third kappa shape index (κ3) is 3.75. The average Bonchev–Trinajstić information content (AvgIpc) is 3.22. The van der Waals surface area contributed by atoms with Crippen LogP contribution in [0.4, 0.5) is 0 Å². The molecule has 1 atom stereocenters. The van der Waals surface area contributed by atoms with Gasteiger partial charge < -0.3 is 0 Å². The van der Waals surface area contributed by atoms with E-state index < -0.39 is 0 Å². The summed E-state index contributed by atoms with van der Waals surface area (Å²) in [5.41, 5.74) is 3.62. The topological polar surface area (TPSA) is 43.1 Å². The van der Waals surface area contributed by atoms with Crippen LogP contribution in [0.1, 0.15) is 43.6 Å². The van der Waals surface area contributed by atoms with Crippen LogP contribution in [0.5, 0.6) is 0 Å². The van der Waals surface area contributed by atoms with E-state index in [1.165, 1.54) is 22.5 Å². The molecular formula is C21H21ClN4S. The largest absolute Gasteiger partial charge is 0.235 e. The van der Waals surface area contributed by atoms with Crippen molar-refractivity contribution in [1.29, 1.82) is 0 Å². The van der Waals surface area contributed by atoms with Crippen LogP contribution >= 0.6 is 22.9 Å². The lowest BCUT2D eigenvalue weighted by atomic mass is 9.96. The van der Waals surface area contributed by atoms with Crippen LogP contribution < -0.4 is 0 Å². The molecule has 4 nitrogen and oxygen atoms in total. The number of hydrogen-bond acceptors (Lipinski definition) is 4. The molecule has 138 valence electrons. The van der Waals surface area contributed by atoms with E-state index in [0.29, 0.717) is 5.92 Å². The summed E-state index contributed by atoms with van der Waals surface area (Å²) in [7, 11) is 0. The highest BCUT2D eigenvalue weighted by atomic mass is 35.5. The van der Waals surface area contributed by atoms with Gasteiger partial charge in [0.1, 0.15) is 5.01 Å². The molecule has 4 rings (SSSR count). The van der Waals surface area contributed by atoms with Crippen LogP contribution in [-0.4, -0.2) is 19.8 Å². The Morgan fingerprint density at radius 1 is 0.963 bits per heavy atom. The van der Waals surface area contributed by atoms with Crippen molar-refractivity contribution in [3.05, 3.63) is 70.5 Å².